The molecule has 1 amide bonds. The number of anilines is 1. The summed E-state index contributed by atoms with van der Waals surface area (Å²) in [7, 11) is 0. The van der Waals surface area contributed by atoms with Gasteiger partial charge in [0.25, 0.3) is 5.91 Å². The van der Waals surface area contributed by atoms with E-state index >= 15 is 0 Å². The number of carbonyl (C=O) groups is 1. The molecule has 0 saturated heterocycles. The first-order chi connectivity index (χ1) is 13.3. The minimum atomic E-state index is -0.133. The maximum Gasteiger partial charge on any atom is 0.267 e. The van der Waals surface area contributed by atoms with Crippen LogP contribution in [0.4, 0.5) is 5.69 Å². The van der Waals surface area contributed by atoms with E-state index in [2.05, 4.69) is 21.4 Å². The largest absolute Gasteiger partial charge is 0.321 e. The molecule has 1 aromatic carbocycles. The third kappa shape index (κ3) is 4.63. The molecule has 0 saturated carbocycles. The number of thiophene rings is 1. The van der Waals surface area contributed by atoms with Crippen molar-refractivity contribution in [3.63, 3.8) is 0 Å². The van der Waals surface area contributed by atoms with Gasteiger partial charge in [-0.15, -0.1) is 34.4 Å². The normalized spacial score (nSPS) is 10.7. The number of carbonyl (C=O) groups excluding carboxylic acids is 1. The molecule has 3 heterocycles. The van der Waals surface area contributed by atoms with Crippen LogP contribution in [0.2, 0.25) is 0 Å². The number of hydrogen-bond acceptors (Lipinski definition) is 6. The van der Waals surface area contributed by atoms with Crippen LogP contribution in [0.1, 0.15) is 15.2 Å². The maximum atomic E-state index is 12.4. The third-order valence-electron chi connectivity index (χ3n) is 3.70. The van der Waals surface area contributed by atoms with Gasteiger partial charge in [-0.3, -0.25) is 9.78 Å². The number of hydrogen-bond donors (Lipinski definition) is 1. The van der Waals surface area contributed by atoms with Gasteiger partial charge in [0.15, 0.2) is 0 Å². The maximum absolute atomic E-state index is 12.4. The topological polar surface area (TPSA) is 54.9 Å². The molecule has 1 N–H and O–H groups in total. The number of thiazole rings is 1. The first-order valence-electron chi connectivity index (χ1n) is 8.21. The summed E-state index contributed by atoms with van der Waals surface area (Å²) in [6.45, 7) is 0. The van der Waals surface area contributed by atoms with E-state index in [-0.39, 0.29) is 5.91 Å². The van der Waals surface area contributed by atoms with Gasteiger partial charge in [0, 0.05) is 28.7 Å². The monoisotopic (exact) mass is 409 g/mol. The summed E-state index contributed by atoms with van der Waals surface area (Å²) in [5.74, 6) is 0.734. The molecule has 3 aromatic heterocycles. The van der Waals surface area contributed by atoms with Crippen molar-refractivity contribution in [2.75, 3.05) is 5.32 Å². The molecule has 0 aliphatic rings. The number of nitrogens with one attached hydrogen (secondary N) is 1. The van der Waals surface area contributed by atoms with Crippen LogP contribution in [0.15, 0.2) is 77.4 Å². The molecule has 134 valence electrons. The summed E-state index contributed by atoms with van der Waals surface area (Å²) >= 11 is 4.76. The third-order valence-corrected chi connectivity index (χ3v) is 6.82. The predicted molar refractivity (Wildman–Crippen MR) is 114 cm³/mol. The second-order valence-corrected chi connectivity index (χ2v) is 8.66. The van der Waals surface area contributed by atoms with Gasteiger partial charge in [-0.2, -0.15) is 0 Å². The van der Waals surface area contributed by atoms with Crippen molar-refractivity contribution >= 4 is 46.0 Å². The Morgan fingerprint density at radius 3 is 2.70 bits per heavy atom. The summed E-state index contributed by atoms with van der Waals surface area (Å²) in [6.07, 6.45) is 5.28. The first-order valence-corrected chi connectivity index (χ1v) is 10.9. The first kappa shape index (κ1) is 17.9. The lowest BCUT2D eigenvalue weighted by Crippen LogP contribution is -2.09. The standard InChI is InChI=1S/C20H15N3OS3/c24-19(18-12-22-20(27-18)17-4-2-10-25-17)23-15-5-7-16(8-6-15)26-13-14-3-1-9-21-11-14/h1-12H,13H2,(H,23,24). The average Bonchev–Trinajstić information content (AvgIpc) is 3.40. The number of rotatable bonds is 6. The lowest BCUT2D eigenvalue weighted by atomic mass is 10.3. The Morgan fingerprint density at radius 1 is 1.07 bits per heavy atom. The molecule has 0 unspecified atom stereocenters. The summed E-state index contributed by atoms with van der Waals surface area (Å²) in [4.78, 5) is 23.7. The van der Waals surface area contributed by atoms with Crippen molar-refractivity contribution < 1.29 is 4.79 Å². The Labute approximate surface area is 169 Å². The van der Waals surface area contributed by atoms with Crippen molar-refractivity contribution in [2.24, 2.45) is 0 Å². The zero-order valence-corrected chi connectivity index (χ0v) is 16.6. The smallest absolute Gasteiger partial charge is 0.267 e. The fraction of sp³-hybridized carbons (Fsp3) is 0.0500. The van der Waals surface area contributed by atoms with Crippen LogP contribution in [0.25, 0.3) is 9.88 Å². The van der Waals surface area contributed by atoms with E-state index < -0.39 is 0 Å². The molecular formula is C20H15N3OS3. The van der Waals surface area contributed by atoms with E-state index in [0.29, 0.717) is 4.88 Å². The quantitative estimate of drug-likeness (QED) is 0.408. The summed E-state index contributed by atoms with van der Waals surface area (Å²) in [5, 5.41) is 5.81. The number of benzene rings is 1. The van der Waals surface area contributed by atoms with E-state index in [1.807, 2.05) is 54.0 Å². The number of aromatic nitrogens is 2. The molecule has 0 radical (unpaired) electrons. The van der Waals surface area contributed by atoms with Crippen LogP contribution in [0.5, 0.6) is 0 Å². The Hall–Kier alpha value is -2.48. The fourth-order valence-electron chi connectivity index (χ4n) is 2.37. The highest BCUT2D eigenvalue weighted by atomic mass is 32.2. The van der Waals surface area contributed by atoms with Gasteiger partial charge in [-0.25, -0.2) is 4.98 Å². The minimum absolute atomic E-state index is 0.133. The number of pyridine rings is 1. The van der Waals surface area contributed by atoms with Gasteiger partial charge >= 0.3 is 0 Å². The van der Waals surface area contributed by atoms with Crippen LogP contribution < -0.4 is 5.32 Å². The van der Waals surface area contributed by atoms with Gasteiger partial charge in [0.05, 0.1) is 11.1 Å². The van der Waals surface area contributed by atoms with E-state index in [9.17, 15) is 4.79 Å². The van der Waals surface area contributed by atoms with Crippen molar-refractivity contribution in [1.82, 2.24) is 9.97 Å². The predicted octanol–water partition coefficient (Wildman–Crippen LogP) is 5.81. The Morgan fingerprint density at radius 2 is 1.96 bits per heavy atom. The molecule has 4 aromatic rings. The van der Waals surface area contributed by atoms with Gasteiger partial charge in [0.2, 0.25) is 0 Å². The van der Waals surface area contributed by atoms with E-state index in [1.165, 1.54) is 16.9 Å². The molecule has 0 aliphatic heterocycles. The van der Waals surface area contributed by atoms with Gasteiger partial charge in [0.1, 0.15) is 9.88 Å². The SMILES string of the molecule is O=C(Nc1ccc(SCc2cccnc2)cc1)c1cnc(-c2cccs2)s1. The number of nitrogens with zero attached hydrogens (tertiary/aromatic N) is 2. The lowest BCUT2D eigenvalue weighted by Gasteiger charge is -2.05. The van der Waals surface area contributed by atoms with Crippen LogP contribution in [-0.2, 0) is 5.75 Å². The fourth-order valence-corrected chi connectivity index (χ4v) is 4.82. The van der Waals surface area contributed by atoms with Gasteiger partial charge in [-0.05, 0) is 47.3 Å². The molecule has 0 bridgehead atoms. The van der Waals surface area contributed by atoms with Crippen LogP contribution in [-0.4, -0.2) is 15.9 Å². The summed E-state index contributed by atoms with van der Waals surface area (Å²) < 4.78 is 0. The second kappa shape index (κ2) is 8.47. The van der Waals surface area contributed by atoms with Gasteiger partial charge < -0.3 is 5.32 Å². The number of amides is 1. The van der Waals surface area contributed by atoms with Crippen LogP contribution in [0.3, 0.4) is 0 Å². The molecule has 0 atom stereocenters. The van der Waals surface area contributed by atoms with Crippen molar-refractivity contribution in [2.45, 2.75) is 10.6 Å². The van der Waals surface area contributed by atoms with E-state index in [1.54, 1.807) is 35.5 Å². The Bertz CT molecular complexity index is 1010. The highest BCUT2D eigenvalue weighted by Gasteiger charge is 2.12. The molecule has 0 spiro atoms. The summed E-state index contributed by atoms with van der Waals surface area (Å²) in [6, 6.07) is 15.9. The zero-order chi connectivity index (χ0) is 18.5. The highest BCUT2D eigenvalue weighted by molar-refractivity contribution is 7.98. The summed E-state index contributed by atoms with van der Waals surface area (Å²) in [5.41, 5.74) is 1.96. The molecule has 4 rings (SSSR count). The molecule has 4 nitrogen and oxygen atoms in total. The van der Waals surface area contributed by atoms with Crippen molar-refractivity contribution in [1.29, 1.82) is 0 Å². The van der Waals surface area contributed by atoms with Crippen molar-refractivity contribution in [3.8, 4) is 9.88 Å². The molecule has 0 fully saturated rings. The van der Waals surface area contributed by atoms with Crippen LogP contribution >= 0.6 is 34.4 Å². The van der Waals surface area contributed by atoms with Crippen LogP contribution in [0, 0.1) is 0 Å². The average molecular weight is 410 g/mol. The van der Waals surface area contributed by atoms with Crippen molar-refractivity contribution in [3.05, 3.63) is 82.9 Å². The number of thioether (sulfide) groups is 1. The van der Waals surface area contributed by atoms with E-state index in [0.717, 1.165) is 26.2 Å². The minimum Gasteiger partial charge on any atom is -0.321 e. The Kier molecular flexibility index (Phi) is 5.62. The molecule has 7 heteroatoms. The molecule has 27 heavy (non-hydrogen) atoms. The molecular weight excluding hydrogens is 394 g/mol. The second-order valence-electron chi connectivity index (χ2n) is 5.64. The lowest BCUT2D eigenvalue weighted by molar-refractivity contribution is 0.103. The molecule has 0 aliphatic carbocycles. The van der Waals surface area contributed by atoms with E-state index in [4.69, 9.17) is 0 Å². The zero-order valence-electron chi connectivity index (χ0n) is 14.2. The Balaban J connectivity index is 1.36. The highest BCUT2D eigenvalue weighted by Crippen LogP contribution is 2.29. The van der Waals surface area contributed by atoms with Gasteiger partial charge in [-0.1, -0.05) is 12.1 Å².